The third-order valence-corrected chi connectivity index (χ3v) is 3.22. The van der Waals surface area contributed by atoms with Crippen LogP contribution in [-0.4, -0.2) is 4.98 Å². The predicted molar refractivity (Wildman–Crippen MR) is 77.6 cm³/mol. The van der Waals surface area contributed by atoms with E-state index >= 15 is 0 Å². The fourth-order valence-electron chi connectivity index (χ4n) is 2.22. The zero-order valence-corrected chi connectivity index (χ0v) is 11.6. The summed E-state index contributed by atoms with van der Waals surface area (Å²) >= 11 is 0. The molecule has 0 bridgehead atoms. The SMILES string of the molecule is CCCc1ccc(-c2ccc(CCC)nc2F)cc1. The maximum absolute atomic E-state index is 14.0. The molecule has 1 aromatic carbocycles. The van der Waals surface area contributed by atoms with Crippen molar-refractivity contribution in [3.63, 3.8) is 0 Å². The average molecular weight is 257 g/mol. The molecule has 0 saturated heterocycles. The van der Waals surface area contributed by atoms with Gasteiger partial charge in [-0.15, -0.1) is 0 Å². The lowest BCUT2D eigenvalue weighted by atomic mass is 10.0. The third kappa shape index (κ3) is 3.40. The van der Waals surface area contributed by atoms with Gasteiger partial charge in [-0.25, -0.2) is 4.98 Å². The second-order valence-electron chi connectivity index (χ2n) is 4.84. The average Bonchev–Trinajstić information content (AvgIpc) is 2.41. The highest BCUT2D eigenvalue weighted by atomic mass is 19.1. The summed E-state index contributed by atoms with van der Waals surface area (Å²) in [7, 11) is 0. The quantitative estimate of drug-likeness (QED) is 0.702. The van der Waals surface area contributed by atoms with E-state index in [1.165, 1.54) is 5.56 Å². The first-order chi connectivity index (χ1) is 9.24. The number of aryl methyl sites for hydroxylation is 2. The highest BCUT2D eigenvalue weighted by Crippen LogP contribution is 2.23. The molecule has 2 rings (SSSR count). The molecule has 0 aliphatic carbocycles. The minimum Gasteiger partial charge on any atom is -0.224 e. The Labute approximate surface area is 114 Å². The fraction of sp³-hybridized carbons (Fsp3) is 0.353. The predicted octanol–water partition coefficient (Wildman–Crippen LogP) is 4.79. The molecule has 0 N–H and O–H groups in total. The van der Waals surface area contributed by atoms with Gasteiger partial charge in [0.25, 0.3) is 0 Å². The minimum atomic E-state index is -0.366. The van der Waals surface area contributed by atoms with Gasteiger partial charge in [-0.05, 0) is 36.1 Å². The van der Waals surface area contributed by atoms with Gasteiger partial charge in [0.1, 0.15) is 0 Å². The van der Waals surface area contributed by atoms with E-state index < -0.39 is 0 Å². The first-order valence-corrected chi connectivity index (χ1v) is 6.99. The van der Waals surface area contributed by atoms with Crippen LogP contribution in [0.1, 0.15) is 37.9 Å². The molecule has 100 valence electrons. The van der Waals surface area contributed by atoms with Gasteiger partial charge in [0.05, 0.1) is 0 Å². The Morgan fingerprint density at radius 3 is 2.16 bits per heavy atom. The number of aromatic nitrogens is 1. The summed E-state index contributed by atoms with van der Waals surface area (Å²) in [5.41, 5.74) is 3.60. The molecule has 0 saturated carbocycles. The van der Waals surface area contributed by atoms with Gasteiger partial charge < -0.3 is 0 Å². The fourth-order valence-corrected chi connectivity index (χ4v) is 2.22. The number of nitrogens with zero attached hydrogens (tertiary/aromatic N) is 1. The molecule has 2 heteroatoms. The van der Waals surface area contributed by atoms with Gasteiger partial charge in [0, 0.05) is 11.3 Å². The summed E-state index contributed by atoms with van der Waals surface area (Å²) in [6, 6.07) is 11.8. The molecule has 1 heterocycles. The van der Waals surface area contributed by atoms with Crippen LogP contribution in [0.15, 0.2) is 36.4 Å². The zero-order valence-electron chi connectivity index (χ0n) is 11.6. The normalized spacial score (nSPS) is 10.7. The highest BCUT2D eigenvalue weighted by molar-refractivity contribution is 5.63. The van der Waals surface area contributed by atoms with E-state index in [-0.39, 0.29) is 5.95 Å². The third-order valence-electron chi connectivity index (χ3n) is 3.22. The van der Waals surface area contributed by atoms with Crippen molar-refractivity contribution in [1.29, 1.82) is 0 Å². The van der Waals surface area contributed by atoms with Crippen LogP contribution in [0.2, 0.25) is 0 Å². The number of halogens is 1. The van der Waals surface area contributed by atoms with Crippen LogP contribution in [0.4, 0.5) is 4.39 Å². The van der Waals surface area contributed by atoms with Crippen molar-refractivity contribution < 1.29 is 4.39 Å². The van der Waals surface area contributed by atoms with E-state index in [1.807, 2.05) is 24.3 Å². The molecule has 1 nitrogen and oxygen atoms in total. The summed E-state index contributed by atoms with van der Waals surface area (Å²) in [4.78, 5) is 4.03. The Morgan fingerprint density at radius 2 is 1.58 bits per heavy atom. The molecule has 19 heavy (non-hydrogen) atoms. The van der Waals surface area contributed by atoms with Gasteiger partial charge in [-0.2, -0.15) is 4.39 Å². The van der Waals surface area contributed by atoms with E-state index in [2.05, 4.69) is 31.0 Å². The van der Waals surface area contributed by atoms with Crippen molar-refractivity contribution in [2.24, 2.45) is 0 Å². The first kappa shape index (κ1) is 13.7. The van der Waals surface area contributed by atoms with Crippen LogP contribution in [-0.2, 0) is 12.8 Å². The summed E-state index contributed by atoms with van der Waals surface area (Å²) in [6.45, 7) is 4.23. The van der Waals surface area contributed by atoms with Gasteiger partial charge in [0.2, 0.25) is 5.95 Å². The van der Waals surface area contributed by atoms with Crippen molar-refractivity contribution >= 4 is 0 Å². The van der Waals surface area contributed by atoms with Crippen molar-refractivity contribution in [3.05, 3.63) is 53.6 Å². The standard InChI is InChI=1S/C17H20FN/c1-3-5-13-7-9-14(10-8-13)16-12-11-15(6-4-2)19-17(16)18/h7-12H,3-6H2,1-2H3. The molecule has 1 aromatic heterocycles. The summed E-state index contributed by atoms with van der Waals surface area (Å²) in [6.07, 6.45) is 4.00. The molecule has 0 fully saturated rings. The van der Waals surface area contributed by atoms with Crippen molar-refractivity contribution in [3.8, 4) is 11.1 Å². The van der Waals surface area contributed by atoms with Crippen LogP contribution in [0.3, 0.4) is 0 Å². The molecule has 0 atom stereocenters. The summed E-state index contributed by atoms with van der Waals surface area (Å²) < 4.78 is 14.0. The molecule has 0 aliphatic heterocycles. The first-order valence-electron chi connectivity index (χ1n) is 6.99. The summed E-state index contributed by atoms with van der Waals surface area (Å²) in [5.74, 6) is -0.366. The molecule has 0 unspecified atom stereocenters. The maximum Gasteiger partial charge on any atom is 0.220 e. The van der Waals surface area contributed by atoms with Crippen molar-refractivity contribution in [1.82, 2.24) is 4.98 Å². The lowest BCUT2D eigenvalue weighted by molar-refractivity contribution is 0.579. The Bertz CT molecular complexity index is 531. The number of rotatable bonds is 5. The van der Waals surface area contributed by atoms with Crippen LogP contribution in [0.25, 0.3) is 11.1 Å². The Kier molecular flexibility index (Phi) is 4.67. The number of pyridine rings is 1. The van der Waals surface area contributed by atoms with Crippen LogP contribution >= 0.6 is 0 Å². The van der Waals surface area contributed by atoms with Gasteiger partial charge in [0.15, 0.2) is 0 Å². The Balaban J connectivity index is 2.25. The lowest BCUT2D eigenvalue weighted by Crippen LogP contribution is -1.95. The second-order valence-corrected chi connectivity index (χ2v) is 4.84. The van der Waals surface area contributed by atoms with Gasteiger partial charge in [-0.1, -0.05) is 51.0 Å². The van der Waals surface area contributed by atoms with E-state index in [0.717, 1.165) is 36.9 Å². The molecular weight excluding hydrogens is 237 g/mol. The van der Waals surface area contributed by atoms with Crippen LogP contribution < -0.4 is 0 Å². The minimum absolute atomic E-state index is 0.366. The topological polar surface area (TPSA) is 12.9 Å². The zero-order chi connectivity index (χ0) is 13.7. The van der Waals surface area contributed by atoms with Crippen molar-refractivity contribution in [2.75, 3.05) is 0 Å². The van der Waals surface area contributed by atoms with Gasteiger partial charge in [-0.3, -0.25) is 0 Å². The van der Waals surface area contributed by atoms with E-state index in [0.29, 0.717) is 5.56 Å². The van der Waals surface area contributed by atoms with Crippen LogP contribution in [0.5, 0.6) is 0 Å². The van der Waals surface area contributed by atoms with E-state index in [4.69, 9.17) is 0 Å². The number of benzene rings is 1. The van der Waals surface area contributed by atoms with E-state index in [1.54, 1.807) is 0 Å². The highest BCUT2D eigenvalue weighted by Gasteiger charge is 2.07. The Morgan fingerprint density at radius 1 is 0.895 bits per heavy atom. The lowest BCUT2D eigenvalue weighted by Gasteiger charge is -2.06. The molecule has 2 aromatic rings. The summed E-state index contributed by atoms with van der Waals surface area (Å²) in [5, 5.41) is 0. The monoisotopic (exact) mass is 257 g/mol. The molecule has 0 aliphatic rings. The second kappa shape index (κ2) is 6.46. The largest absolute Gasteiger partial charge is 0.224 e. The molecule has 0 spiro atoms. The molecular formula is C17H20FN. The number of hydrogen-bond acceptors (Lipinski definition) is 1. The smallest absolute Gasteiger partial charge is 0.220 e. The van der Waals surface area contributed by atoms with Crippen LogP contribution in [0, 0.1) is 5.95 Å². The van der Waals surface area contributed by atoms with Crippen molar-refractivity contribution in [2.45, 2.75) is 39.5 Å². The number of hydrogen-bond donors (Lipinski definition) is 0. The van der Waals surface area contributed by atoms with Gasteiger partial charge >= 0.3 is 0 Å². The molecule has 0 radical (unpaired) electrons. The maximum atomic E-state index is 14.0. The molecule has 0 amide bonds. The Hall–Kier alpha value is -1.70. The van der Waals surface area contributed by atoms with E-state index in [9.17, 15) is 4.39 Å².